The van der Waals surface area contributed by atoms with E-state index in [0.29, 0.717) is 33.3 Å². The van der Waals surface area contributed by atoms with Crippen LogP contribution in [0, 0.1) is 0 Å². The van der Waals surface area contributed by atoms with Gasteiger partial charge < -0.3 is 14.5 Å². The maximum atomic E-state index is 12.7. The summed E-state index contributed by atoms with van der Waals surface area (Å²) in [6.07, 6.45) is 4.36. The predicted molar refractivity (Wildman–Crippen MR) is 115 cm³/mol. The molecule has 0 saturated carbocycles. The van der Waals surface area contributed by atoms with Gasteiger partial charge >= 0.3 is 6.09 Å². The van der Waals surface area contributed by atoms with E-state index in [1.807, 2.05) is 0 Å². The van der Waals surface area contributed by atoms with E-state index in [1.54, 1.807) is 39.2 Å². The third kappa shape index (κ3) is 4.22. The lowest BCUT2D eigenvalue weighted by molar-refractivity contribution is 0.0523. The van der Waals surface area contributed by atoms with Crippen molar-refractivity contribution in [2.75, 3.05) is 38.1 Å². The minimum absolute atomic E-state index is 0.308. The van der Waals surface area contributed by atoms with Crippen molar-refractivity contribution in [3.8, 4) is 11.3 Å². The van der Waals surface area contributed by atoms with E-state index in [4.69, 9.17) is 16.3 Å². The number of hydrogen-bond donors (Lipinski definition) is 0. The van der Waals surface area contributed by atoms with E-state index < -0.39 is 11.7 Å². The Hall–Kier alpha value is -2.78. The first-order chi connectivity index (χ1) is 14.2. The number of ether oxygens (including phenoxy) is 1. The molecular formula is C20H24ClN7O2. The normalized spacial score (nSPS) is 15.6. The molecule has 1 aliphatic rings. The van der Waals surface area contributed by atoms with Crippen molar-refractivity contribution in [2.24, 2.45) is 0 Å². The first-order valence-corrected chi connectivity index (χ1v) is 10.1. The molecule has 0 atom stereocenters. The molecule has 4 rings (SSSR count). The minimum atomic E-state index is -0.650. The quantitative estimate of drug-likeness (QED) is 0.574. The van der Waals surface area contributed by atoms with Gasteiger partial charge in [-0.05, 0) is 33.9 Å². The summed E-state index contributed by atoms with van der Waals surface area (Å²) in [7, 11) is 2.10. The van der Waals surface area contributed by atoms with Gasteiger partial charge in [-0.3, -0.25) is 0 Å². The smallest absolute Gasteiger partial charge is 0.435 e. The molecule has 1 aliphatic heterocycles. The molecule has 0 radical (unpaired) electrons. The van der Waals surface area contributed by atoms with Crippen molar-refractivity contribution >= 4 is 34.5 Å². The molecule has 3 aromatic rings. The number of carbonyl (C=O) groups excluding carboxylic acids is 1. The van der Waals surface area contributed by atoms with Crippen LogP contribution in [0.3, 0.4) is 0 Å². The van der Waals surface area contributed by atoms with E-state index >= 15 is 0 Å². The number of likely N-dealkylation sites (N-methyl/N-ethyl adjacent to an activating group) is 1. The Kier molecular flexibility index (Phi) is 5.33. The Morgan fingerprint density at radius 2 is 1.73 bits per heavy atom. The van der Waals surface area contributed by atoms with Gasteiger partial charge in [-0.1, -0.05) is 11.6 Å². The molecule has 3 aromatic heterocycles. The highest BCUT2D eigenvalue weighted by Gasteiger charge is 2.24. The molecule has 0 spiro atoms. The molecular weight excluding hydrogens is 406 g/mol. The lowest BCUT2D eigenvalue weighted by Crippen LogP contribution is -2.45. The van der Waals surface area contributed by atoms with Gasteiger partial charge in [0.1, 0.15) is 16.4 Å². The average Bonchev–Trinajstić information content (AvgIpc) is 3.06. The Morgan fingerprint density at radius 3 is 2.37 bits per heavy atom. The second kappa shape index (κ2) is 7.81. The zero-order chi connectivity index (χ0) is 21.5. The molecule has 4 heterocycles. The van der Waals surface area contributed by atoms with Crippen molar-refractivity contribution in [3.05, 3.63) is 29.8 Å². The van der Waals surface area contributed by atoms with Crippen LogP contribution in [0.1, 0.15) is 20.8 Å². The molecule has 9 nitrogen and oxygen atoms in total. The van der Waals surface area contributed by atoms with Crippen molar-refractivity contribution in [2.45, 2.75) is 26.4 Å². The van der Waals surface area contributed by atoms with Gasteiger partial charge in [-0.15, -0.1) is 0 Å². The zero-order valence-electron chi connectivity index (χ0n) is 17.5. The van der Waals surface area contributed by atoms with E-state index in [9.17, 15) is 4.79 Å². The number of halogens is 1. The number of piperazine rings is 1. The first kappa shape index (κ1) is 20.5. The molecule has 158 valence electrons. The number of rotatable bonds is 2. The van der Waals surface area contributed by atoms with Gasteiger partial charge in [0.05, 0.1) is 11.7 Å². The van der Waals surface area contributed by atoms with E-state index in [-0.39, 0.29) is 0 Å². The summed E-state index contributed by atoms with van der Waals surface area (Å²) in [4.78, 5) is 30.2. The maximum absolute atomic E-state index is 12.7. The van der Waals surface area contributed by atoms with Gasteiger partial charge in [0.2, 0.25) is 5.95 Å². The fourth-order valence-corrected chi connectivity index (χ4v) is 3.42. The Balaban J connectivity index is 1.70. The van der Waals surface area contributed by atoms with Crippen molar-refractivity contribution in [1.29, 1.82) is 0 Å². The summed E-state index contributed by atoms with van der Waals surface area (Å²) >= 11 is 6.11. The van der Waals surface area contributed by atoms with Crippen LogP contribution in [-0.2, 0) is 4.74 Å². The summed E-state index contributed by atoms with van der Waals surface area (Å²) in [5.41, 5.74) is 1.09. The van der Waals surface area contributed by atoms with Crippen LogP contribution in [0.15, 0.2) is 24.7 Å². The van der Waals surface area contributed by atoms with Gasteiger partial charge in [-0.2, -0.15) is 9.78 Å². The zero-order valence-corrected chi connectivity index (χ0v) is 18.2. The van der Waals surface area contributed by atoms with Crippen molar-refractivity contribution in [3.63, 3.8) is 0 Å². The van der Waals surface area contributed by atoms with Crippen LogP contribution in [0.2, 0.25) is 5.15 Å². The van der Waals surface area contributed by atoms with Gasteiger partial charge in [0, 0.05) is 49.5 Å². The standard InChI is InChI=1S/C20H24ClN7O2/c1-20(2,3)30-19(29)28-15-12-22-16(21)9-14(15)17(25-28)13-10-23-18(24-11-13)27-7-5-26(4)6-8-27/h9-12H,5-8H2,1-4H3. The lowest BCUT2D eigenvalue weighted by Gasteiger charge is -2.32. The van der Waals surface area contributed by atoms with Crippen LogP contribution in [0.5, 0.6) is 0 Å². The van der Waals surface area contributed by atoms with Gasteiger partial charge in [0.15, 0.2) is 0 Å². The van der Waals surface area contributed by atoms with E-state index in [0.717, 1.165) is 26.2 Å². The number of pyridine rings is 1. The number of nitrogens with zero attached hydrogens (tertiary/aromatic N) is 7. The number of anilines is 1. The fraction of sp³-hybridized carbons (Fsp3) is 0.450. The van der Waals surface area contributed by atoms with Crippen molar-refractivity contribution in [1.82, 2.24) is 29.6 Å². The highest BCUT2D eigenvalue weighted by atomic mass is 35.5. The summed E-state index contributed by atoms with van der Waals surface area (Å²) in [5.74, 6) is 0.683. The Labute approximate surface area is 179 Å². The SMILES string of the molecule is CN1CCN(c2ncc(-c3nn(C(=O)OC(C)(C)C)c4cnc(Cl)cc34)cn2)CC1. The highest BCUT2D eigenvalue weighted by Crippen LogP contribution is 2.29. The molecule has 0 bridgehead atoms. The Morgan fingerprint density at radius 1 is 1.07 bits per heavy atom. The number of carbonyl (C=O) groups is 1. The summed E-state index contributed by atoms with van der Waals surface area (Å²) in [6.45, 7) is 9.12. The largest absolute Gasteiger partial charge is 0.442 e. The Bertz CT molecular complexity index is 1070. The molecule has 1 fully saturated rings. The topological polar surface area (TPSA) is 89.3 Å². The van der Waals surface area contributed by atoms with Crippen LogP contribution < -0.4 is 4.90 Å². The highest BCUT2D eigenvalue weighted by molar-refractivity contribution is 6.30. The van der Waals surface area contributed by atoms with Gasteiger partial charge in [0.25, 0.3) is 0 Å². The molecule has 30 heavy (non-hydrogen) atoms. The maximum Gasteiger partial charge on any atom is 0.435 e. The van der Waals surface area contributed by atoms with Crippen LogP contribution in [-0.4, -0.2) is 74.6 Å². The second-order valence-corrected chi connectivity index (χ2v) is 8.71. The second-order valence-electron chi connectivity index (χ2n) is 8.33. The molecule has 0 amide bonds. The molecule has 0 aromatic carbocycles. The van der Waals surface area contributed by atoms with Crippen LogP contribution >= 0.6 is 11.6 Å². The van der Waals surface area contributed by atoms with Crippen LogP contribution in [0.25, 0.3) is 22.2 Å². The molecule has 1 saturated heterocycles. The molecule has 0 unspecified atom stereocenters. The fourth-order valence-electron chi connectivity index (χ4n) is 3.26. The first-order valence-electron chi connectivity index (χ1n) is 9.75. The molecule has 0 N–H and O–H groups in total. The third-order valence-corrected chi connectivity index (χ3v) is 5.00. The molecule has 10 heteroatoms. The van der Waals surface area contributed by atoms with Crippen molar-refractivity contribution < 1.29 is 9.53 Å². The monoisotopic (exact) mass is 429 g/mol. The van der Waals surface area contributed by atoms with E-state index in [2.05, 4.69) is 36.9 Å². The lowest BCUT2D eigenvalue weighted by atomic mass is 10.1. The van der Waals surface area contributed by atoms with E-state index in [1.165, 1.54) is 10.9 Å². The summed E-state index contributed by atoms with van der Waals surface area (Å²) < 4.78 is 6.68. The number of fused-ring (bicyclic) bond motifs is 1. The summed E-state index contributed by atoms with van der Waals surface area (Å²) in [5, 5.41) is 5.47. The average molecular weight is 430 g/mol. The third-order valence-electron chi connectivity index (χ3n) is 4.80. The molecule has 0 aliphatic carbocycles. The van der Waals surface area contributed by atoms with Gasteiger partial charge in [-0.25, -0.2) is 19.7 Å². The minimum Gasteiger partial charge on any atom is -0.442 e. The summed E-state index contributed by atoms with van der Waals surface area (Å²) in [6, 6.07) is 1.68. The number of hydrogen-bond acceptors (Lipinski definition) is 8. The number of aromatic nitrogens is 5. The van der Waals surface area contributed by atoms with Crippen LogP contribution in [0.4, 0.5) is 10.7 Å². The predicted octanol–water partition coefficient (Wildman–Crippen LogP) is 3.08.